The molecule has 138 valence electrons. The molecule has 2 aromatic carbocycles. The van der Waals surface area contributed by atoms with E-state index in [1.165, 1.54) is 24.3 Å². The van der Waals surface area contributed by atoms with Gasteiger partial charge in [-0.15, -0.1) is 0 Å². The van der Waals surface area contributed by atoms with Gasteiger partial charge in [0.1, 0.15) is 17.3 Å². The van der Waals surface area contributed by atoms with Crippen LogP contribution < -0.4 is 20.3 Å². The van der Waals surface area contributed by atoms with Crippen molar-refractivity contribution in [3.8, 4) is 11.5 Å². The molecule has 2 N–H and O–H groups in total. The molecule has 0 aliphatic heterocycles. The number of ether oxygens (including phenoxy) is 2. The van der Waals surface area contributed by atoms with E-state index in [4.69, 9.17) is 9.47 Å². The quantitative estimate of drug-likeness (QED) is 0.744. The molecule has 2 rings (SSSR count). The summed E-state index contributed by atoms with van der Waals surface area (Å²) in [5.74, 6) is -0.0638. The molecule has 0 spiro atoms. The van der Waals surface area contributed by atoms with E-state index in [1.807, 2.05) is 6.92 Å². The van der Waals surface area contributed by atoms with Crippen molar-refractivity contribution >= 4 is 11.8 Å². The Morgan fingerprint density at radius 2 is 1.62 bits per heavy atom. The van der Waals surface area contributed by atoms with Gasteiger partial charge < -0.3 is 9.47 Å². The van der Waals surface area contributed by atoms with Crippen molar-refractivity contribution in [1.82, 2.24) is 10.9 Å². The molecular weight excluding hydrogens is 339 g/mol. The van der Waals surface area contributed by atoms with E-state index in [0.717, 1.165) is 0 Å². The predicted molar refractivity (Wildman–Crippen MR) is 94.1 cm³/mol. The first-order valence-corrected chi connectivity index (χ1v) is 8.20. The van der Waals surface area contributed by atoms with Crippen LogP contribution in [0.25, 0.3) is 0 Å². The zero-order valence-corrected chi connectivity index (χ0v) is 14.6. The first-order chi connectivity index (χ1) is 12.5. The van der Waals surface area contributed by atoms with E-state index in [2.05, 4.69) is 10.9 Å². The lowest BCUT2D eigenvalue weighted by molar-refractivity contribution is -0.132. The van der Waals surface area contributed by atoms with Crippen molar-refractivity contribution in [2.24, 2.45) is 0 Å². The summed E-state index contributed by atoms with van der Waals surface area (Å²) in [6.45, 7) is 4.02. The van der Waals surface area contributed by atoms with Gasteiger partial charge in [-0.05, 0) is 55.8 Å². The highest BCUT2D eigenvalue weighted by molar-refractivity contribution is 5.85. The fourth-order valence-corrected chi connectivity index (χ4v) is 2.10. The van der Waals surface area contributed by atoms with Crippen LogP contribution in [0.2, 0.25) is 0 Å². The van der Waals surface area contributed by atoms with E-state index in [0.29, 0.717) is 23.7 Å². The van der Waals surface area contributed by atoms with E-state index in [9.17, 15) is 14.0 Å². The molecule has 0 heterocycles. The fraction of sp³-hybridized carbons (Fsp3) is 0.263. The van der Waals surface area contributed by atoms with Crippen molar-refractivity contribution in [3.05, 3.63) is 59.9 Å². The van der Waals surface area contributed by atoms with E-state index >= 15 is 0 Å². The fourth-order valence-electron chi connectivity index (χ4n) is 2.10. The standard InChI is InChI=1S/C19H21FN2O4/c1-3-25-16-8-10-17(11-9-16)26-13(2)19(24)22-21-18(23)12-14-4-6-15(20)7-5-14/h4-11,13H,3,12H2,1-2H3,(H,21,23)(H,22,24). The van der Waals surface area contributed by atoms with E-state index in [-0.39, 0.29) is 12.2 Å². The van der Waals surface area contributed by atoms with Crippen LogP contribution in [0.1, 0.15) is 19.4 Å². The van der Waals surface area contributed by atoms with Gasteiger partial charge in [-0.25, -0.2) is 4.39 Å². The Hall–Kier alpha value is -3.09. The lowest BCUT2D eigenvalue weighted by Gasteiger charge is -2.15. The topological polar surface area (TPSA) is 76.7 Å². The molecule has 0 radical (unpaired) electrons. The van der Waals surface area contributed by atoms with E-state index in [1.54, 1.807) is 31.2 Å². The zero-order chi connectivity index (χ0) is 18.9. The second kappa shape index (κ2) is 9.41. The van der Waals surface area contributed by atoms with Crippen LogP contribution in [0.3, 0.4) is 0 Å². The van der Waals surface area contributed by atoms with Gasteiger partial charge in [0, 0.05) is 0 Å². The Morgan fingerprint density at radius 3 is 2.23 bits per heavy atom. The maximum atomic E-state index is 12.8. The first-order valence-electron chi connectivity index (χ1n) is 8.20. The second-order valence-electron chi connectivity index (χ2n) is 5.51. The number of rotatable bonds is 7. The Labute approximate surface area is 151 Å². The number of benzene rings is 2. The summed E-state index contributed by atoms with van der Waals surface area (Å²) in [6, 6.07) is 12.4. The minimum absolute atomic E-state index is 0.0225. The lowest BCUT2D eigenvalue weighted by Crippen LogP contribution is -2.47. The SMILES string of the molecule is CCOc1ccc(OC(C)C(=O)NNC(=O)Cc2ccc(F)cc2)cc1. The summed E-state index contributed by atoms with van der Waals surface area (Å²) < 4.78 is 23.7. The number of hydrogen-bond donors (Lipinski definition) is 2. The summed E-state index contributed by atoms with van der Waals surface area (Å²) in [6.07, 6.45) is -0.784. The molecule has 0 aliphatic rings. The number of hydrogen-bond acceptors (Lipinski definition) is 4. The molecule has 2 aromatic rings. The van der Waals surface area contributed by atoms with Gasteiger partial charge in [-0.1, -0.05) is 12.1 Å². The molecule has 1 unspecified atom stereocenters. The maximum Gasteiger partial charge on any atom is 0.279 e. The third kappa shape index (κ3) is 6.08. The molecule has 26 heavy (non-hydrogen) atoms. The second-order valence-corrected chi connectivity index (χ2v) is 5.51. The number of nitrogens with one attached hydrogen (secondary N) is 2. The summed E-state index contributed by atoms with van der Waals surface area (Å²) >= 11 is 0. The number of carbonyl (C=O) groups excluding carboxylic acids is 2. The number of halogens is 1. The molecule has 7 heteroatoms. The van der Waals surface area contributed by atoms with Crippen molar-refractivity contribution in [1.29, 1.82) is 0 Å². The lowest BCUT2D eigenvalue weighted by atomic mass is 10.1. The summed E-state index contributed by atoms with van der Waals surface area (Å²) in [7, 11) is 0. The van der Waals surface area contributed by atoms with Crippen molar-refractivity contribution in [2.75, 3.05) is 6.61 Å². The molecular formula is C19H21FN2O4. The average Bonchev–Trinajstić information content (AvgIpc) is 2.63. The first kappa shape index (κ1) is 19.2. The van der Waals surface area contributed by atoms with Crippen LogP contribution in [-0.4, -0.2) is 24.5 Å². The summed E-state index contributed by atoms with van der Waals surface area (Å²) in [5.41, 5.74) is 5.25. The van der Waals surface area contributed by atoms with Gasteiger partial charge >= 0.3 is 0 Å². The molecule has 0 aliphatic carbocycles. The molecule has 2 amide bonds. The van der Waals surface area contributed by atoms with Crippen LogP contribution in [-0.2, 0) is 16.0 Å². The number of amides is 2. The Bertz CT molecular complexity index is 732. The van der Waals surface area contributed by atoms with Crippen LogP contribution in [0.5, 0.6) is 11.5 Å². The van der Waals surface area contributed by atoms with Crippen molar-refractivity contribution in [3.63, 3.8) is 0 Å². The minimum atomic E-state index is -0.806. The third-order valence-electron chi connectivity index (χ3n) is 3.42. The van der Waals surface area contributed by atoms with Crippen LogP contribution in [0.15, 0.2) is 48.5 Å². The van der Waals surface area contributed by atoms with Gasteiger partial charge in [0.05, 0.1) is 13.0 Å². The normalized spacial score (nSPS) is 11.3. The molecule has 1 atom stereocenters. The maximum absolute atomic E-state index is 12.8. The number of hydrazine groups is 1. The van der Waals surface area contributed by atoms with Crippen molar-refractivity contribution < 1.29 is 23.5 Å². The average molecular weight is 360 g/mol. The summed E-state index contributed by atoms with van der Waals surface area (Å²) in [5, 5.41) is 0. The highest BCUT2D eigenvalue weighted by Crippen LogP contribution is 2.18. The largest absolute Gasteiger partial charge is 0.494 e. The van der Waals surface area contributed by atoms with Gasteiger partial charge in [0.15, 0.2) is 6.10 Å². The summed E-state index contributed by atoms with van der Waals surface area (Å²) in [4.78, 5) is 23.8. The monoisotopic (exact) mass is 360 g/mol. The highest BCUT2D eigenvalue weighted by atomic mass is 19.1. The Kier molecular flexibility index (Phi) is 6.96. The highest BCUT2D eigenvalue weighted by Gasteiger charge is 2.15. The van der Waals surface area contributed by atoms with Crippen LogP contribution in [0, 0.1) is 5.82 Å². The predicted octanol–water partition coefficient (Wildman–Crippen LogP) is 2.38. The molecule has 0 fully saturated rings. The Morgan fingerprint density at radius 1 is 1.00 bits per heavy atom. The molecule has 0 saturated heterocycles. The van der Waals surface area contributed by atoms with E-state index < -0.39 is 17.9 Å². The van der Waals surface area contributed by atoms with Crippen molar-refractivity contribution in [2.45, 2.75) is 26.4 Å². The third-order valence-corrected chi connectivity index (χ3v) is 3.42. The number of carbonyl (C=O) groups is 2. The van der Waals surface area contributed by atoms with Gasteiger partial charge in [-0.2, -0.15) is 0 Å². The molecule has 0 aromatic heterocycles. The van der Waals surface area contributed by atoms with Crippen LogP contribution in [0.4, 0.5) is 4.39 Å². The minimum Gasteiger partial charge on any atom is -0.494 e. The Balaban J connectivity index is 1.77. The molecule has 0 bridgehead atoms. The smallest absolute Gasteiger partial charge is 0.279 e. The van der Waals surface area contributed by atoms with Gasteiger partial charge in [0.25, 0.3) is 5.91 Å². The van der Waals surface area contributed by atoms with Gasteiger partial charge in [0.2, 0.25) is 5.91 Å². The van der Waals surface area contributed by atoms with Crippen LogP contribution >= 0.6 is 0 Å². The molecule has 0 saturated carbocycles. The van der Waals surface area contributed by atoms with Gasteiger partial charge in [-0.3, -0.25) is 20.4 Å². The zero-order valence-electron chi connectivity index (χ0n) is 14.6. The molecule has 6 nitrogen and oxygen atoms in total.